The Bertz CT molecular complexity index is 704. The van der Waals surface area contributed by atoms with E-state index in [0.29, 0.717) is 5.92 Å². The predicted octanol–water partition coefficient (Wildman–Crippen LogP) is 3.85. The third-order valence-electron chi connectivity index (χ3n) is 4.51. The number of hydrogen-bond donors (Lipinski definition) is 1. The second-order valence-electron chi connectivity index (χ2n) is 6.01. The molecule has 2 unspecified atom stereocenters. The van der Waals surface area contributed by atoms with Crippen LogP contribution in [0.2, 0.25) is 0 Å². The topological polar surface area (TPSA) is 29.1 Å². The molecule has 1 N–H and O–H groups in total. The van der Waals surface area contributed by atoms with E-state index in [4.69, 9.17) is 0 Å². The molecule has 0 radical (unpaired) electrons. The molecule has 0 aromatic heterocycles. The Hall–Kier alpha value is -2.09. The molecule has 2 atom stereocenters. The van der Waals surface area contributed by atoms with Gasteiger partial charge in [-0.2, -0.15) is 0 Å². The molecule has 0 heterocycles. The number of amides is 1. The fraction of sp³-hybridized carbons (Fsp3) is 0.278. The minimum atomic E-state index is 0.174. The minimum absolute atomic E-state index is 0.174. The van der Waals surface area contributed by atoms with Gasteiger partial charge in [-0.3, -0.25) is 4.79 Å². The summed E-state index contributed by atoms with van der Waals surface area (Å²) < 4.78 is 0. The first-order valence-corrected chi connectivity index (χ1v) is 7.24. The van der Waals surface area contributed by atoms with Gasteiger partial charge >= 0.3 is 0 Å². The van der Waals surface area contributed by atoms with Gasteiger partial charge in [0, 0.05) is 11.6 Å². The van der Waals surface area contributed by atoms with E-state index >= 15 is 0 Å². The SMILES string of the molecule is CC1CC1C(=O)Nc1ccc2c(c1)Cc1ccccc1-2. The molecule has 1 amide bonds. The number of anilines is 1. The molecule has 2 aromatic rings. The molecular weight excluding hydrogens is 246 g/mol. The van der Waals surface area contributed by atoms with Gasteiger partial charge in [0.25, 0.3) is 0 Å². The zero-order valence-corrected chi connectivity index (χ0v) is 11.5. The van der Waals surface area contributed by atoms with Crippen molar-refractivity contribution in [3.8, 4) is 11.1 Å². The van der Waals surface area contributed by atoms with Crippen molar-refractivity contribution >= 4 is 11.6 Å². The van der Waals surface area contributed by atoms with Crippen LogP contribution in [0.25, 0.3) is 11.1 Å². The van der Waals surface area contributed by atoms with Crippen molar-refractivity contribution in [2.24, 2.45) is 11.8 Å². The van der Waals surface area contributed by atoms with E-state index in [1.54, 1.807) is 0 Å². The number of fused-ring (bicyclic) bond motifs is 3. The first kappa shape index (κ1) is 11.7. The zero-order valence-electron chi connectivity index (χ0n) is 11.5. The Morgan fingerprint density at radius 1 is 1.10 bits per heavy atom. The molecule has 2 aliphatic rings. The Labute approximate surface area is 118 Å². The molecule has 0 saturated heterocycles. The first-order chi connectivity index (χ1) is 9.72. The van der Waals surface area contributed by atoms with E-state index in [-0.39, 0.29) is 11.8 Å². The zero-order chi connectivity index (χ0) is 13.7. The van der Waals surface area contributed by atoms with Gasteiger partial charge < -0.3 is 5.32 Å². The Morgan fingerprint density at radius 2 is 1.85 bits per heavy atom. The minimum Gasteiger partial charge on any atom is -0.326 e. The van der Waals surface area contributed by atoms with Crippen molar-refractivity contribution in [3.63, 3.8) is 0 Å². The van der Waals surface area contributed by atoms with Crippen LogP contribution < -0.4 is 5.32 Å². The van der Waals surface area contributed by atoms with Crippen molar-refractivity contribution in [1.82, 2.24) is 0 Å². The summed E-state index contributed by atoms with van der Waals surface area (Å²) in [6.45, 7) is 2.13. The summed E-state index contributed by atoms with van der Waals surface area (Å²) in [5.74, 6) is 0.946. The largest absolute Gasteiger partial charge is 0.326 e. The monoisotopic (exact) mass is 263 g/mol. The first-order valence-electron chi connectivity index (χ1n) is 7.24. The predicted molar refractivity (Wildman–Crippen MR) is 80.6 cm³/mol. The number of hydrogen-bond acceptors (Lipinski definition) is 1. The third-order valence-corrected chi connectivity index (χ3v) is 4.51. The fourth-order valence-corrected chi connectivity index (χ4v) is 3.15. The Morgan fingerprint density at radius 3 is 2.65 bits per heavy atom. The molecule has 4 rings (SSSR count). The van der Waals surface area contributed by atoms with Gasteiger partial charge in [0.05, 0.1) is 0 Å². The molecule has 2 nitrogen and oxygen atoms in total. The third kappa shape index (κ3) is 1.83. The molecule has 0 aliphatic heterocycles. The van der Waals surface area contributed by atoms with E-state index in [9.17, 15) is 4.79 Å². The second kappa shape index (κ2) is 4.20. The van der Waals surface area contributed by atoms with Crippen LogP contribution in [0, 0.1) is 11.8 Å². The average molecular weight is 263 g/mol. The van der Waals surface area contributed by atoms with Gasteiger partial charge in [-0.1, -0.05) is 37.3 Å². The lowest BCUT2D eigenvalue weighted by molar-refractivity contribution is -0.117. The van der Waals surface area contributed by atoms with Crippen LogP contribution >= 0.6 is 0 Å². The van der Waals surface area contributed by atoms with E-state index in [1.165, 1.54) is 22.3 Å². The van der Waals surface area contributed by atoms with E-state index in [0.717, 1.165) is 18.5 Å². The molecule has 2 aliphatic carbocycles. The van der Waals surface area contributed by atoms with E-state index in [2.05, 4.69) is 48.6 Å². The van der Waals surface area contributed by atoms with Crippen LogP contribution in [0.1, 0.15) is 24.5 Å². The number of carbonyl (C=O) groups is 1. The molecule has 100 valence electrons. The van der Waals surface area contributed by atoms with Crippen LogP contribution in [0.3, 0.4) is 0 Å². The number of benzene rings is 2. The molecule has 0 spiro atoms. The molecule has 20 heavy (non-hydrogen) atoms. The van der Waals surface area contributed by atoms with Crippen LogP contribution in [0.4, 0.5) is 5.69 Å². The fourth-order valence-electron chi connectivity index (χ4n) is 3.15. The van der Waals surface area contributed by atoms with Gasteiger partial charge in [0.2, 0.25) is 5.91 Å². The van der Waals surface area contributed by atoms with Crippen molar-refractivity contribution in [2.75, 3.05) is 5.32 Å². The lowest BCUT2D eigenvalue weighted by Gasteiger charge is -2.07. The van der Waals surface area contributed by atoms with Crippen LogP contribution in [0.5, 0.6) is 0 Å². The van der Waals surface area contributed by atoms with Gasteiger partial charge in [-0.05, 0) is 53.1 Å². The number of rotatable bonds is 2. The molecular formula is C18H17NO. The highest BCUT2D eigenvalue weighted by molar-refractivity contribution is 5.95. The molecule has 1 fully saturated rings. The van der Waals surface area contributed by atoms with Crippen molar-refractivity contribution < 1.29 is 4.79 Å². The summed E-state index contributed by atoms with van der Waals surface area (Å²) >= 11 is 0. The van der Waals surface area contributed by atoms with Gasteiger partial charge in [0.15, 0.2) is 0 Å². The Kier molecular flexibility index (Phi) is 2.46. The van der Waals surface area contributed by atoms with Gasteiger partial charge in [-0.25, -0.2) is 0 Å². The highest BCUT2D eigenvalue weighted by atomic mass is 16.2. The van der Waals surface area contributed by atoms with Crippen molar-refractivity contribution in [2.45, 2.75) is 19.8 Å². The van der Waals surface area contributed by atoms with Crippen LogP contribution in [-0.4, -0.2) is 5.91 Å². The summed E-state index contributed by atoms with van der Waals surface area (Å²) in [4.78, 5) is 12.0. The summed E-state index contributed by atoms with van der Waals surface area (Å²) in [6, 6.07) is 14.8. The molecule has 0 bridgehead atoms. The highest BCUT2D eigenvalue weighted by Crippen LogP contribution is 2.40. The second-order valence-corrected chi connectivity index (χ2v) is 6.01. The smallest absolute Gasteiger partial charge is 0.227 e. The summed E-state index contributed by atoms with van der Waals surface area (Å²) in [6.07, 6.45) is 2.00. The van der Waals surface area contributed by atoms with Gasteiger partial charge in [0.1, 0.15) is 0 Å². The molecule has 2 aromatic carbocycles. The number of carbonyl (C=O) groups excluding carboxylic acids is 1. The highest BCUT2D eigenvalue weighted by Gasteiger charge is 2.39. The van der Waals surface area contributed by atoms with Crippen LogP contribution in [0.15, 0.2) is 42.5 Å². The van der Waals surface area contributed by atoms with E-state index in [1.807, 2.05) is 6.07 Å². The maximum absolute atomic E-state index is 12.0. The van der Waals surface area contributed by atoms with Crippen molar-refractivity contribution in [1.29, 1.82) is 0 Å². The number of nitrogens with one attached hydrogen (secondary N) is 1. The molecule has 1 saturated carbocycles. The normalized spacial score (nSPS) is 22.1. The van der Waals surface area contributed by atoms with Gasteiger partial charge in [-0.15, -0.1) is 0 Å². The Balaban J connectivity index is 1.60. The maximum atomic E-state index is 12.0. The standard InChI is InChI=1S/C18H17NO/c1-11-8-17(11)18(20)19-14-6-7-16-13(10-14)9-12-4-2-3-5-15(12)16/h2-7,10-11,17H,8-9H2,1H3,(H,19,20). The lowest BCUT2D eigenvalue weighted by atomic mass is 10.1. The van der Waals surface area contributed by atoms with Crippen molar-refractivity contribution in [3.05, 3.63) is 53.6 Å². The molecule has 2 heteroatoms. The maximum Gasteiger partial charge on any atom is 0.227 e. The summed E-state index contributed by atoms with van der Waals surface area (Å²) in [7, 11) is 0. The van der Waals surface area contributed by atoms with E-state index < -0.39 is 0 Å². The lowest BCUT2D eigenvalue weighted by Crippen LogP contribution is -2.14. The summed E-state index contributed by atoms with van der Waals surface area (Å²) in [5.41, 5.74) is 6.25. The van der Waals surface area contributed by atoms with Crippen LogP contribution in [-0.2, 0) is 11.2 Å². The summed E-state index contributed by atoms with van der Waals surface area (Å²) in [5, 5.41) is 3.05. The quantitative estimate of drug-likeness (QED) is 0.747. The average Bonchev–Trinajstić information content (AvgIpc) is 3.07.